The Balaban J connectivity index is 2.50. The van der Waals surface area contributed by atoms with Crippen LogP contribution >= 0.6 is 11.3 Å². The van der Waals surface area contributed by atoms with Gasteiger partial charge in [0, 0.05) is 17.0 Å². The van der Waals surface area contributed by atoms with Crippen LogP contribution in [0.3, 0.4) is 0 Å². The number of hydrogen-bond acceptors (Lipinski definition) is 3. The monoisotopic (exact) mass is 240 g/mol. The molecule has 4 heteroatoms. The summed E-state index contributed by atoms with van der Waals surface area (Å²) in [5.41, 5.74) is -0.230. The summed E-state index contributed by atoms with van der Waals surface area (Å²) in [6.45, 7) is 6.77. The van der Waals surface area contributed by atoms with Crippen molar-refractivity contribution >= 4 is 17.2 Å². The Kier molecular flexibility index (Phi) is 4.93. The lowest BCUT2D eigenvalue weighted by atomic mass is 9.82. The molecule has 0 bridgehead atoms. The summed E-state index contributed by atoms with van der Waals surface area (Å²) < 4.78 is 0. The van der Waals surface area contributed by atoms with E-state index in [0.29, 0.717) is 6.54 Å². The Morgan fingerprint density at radius 1 is 1.56 bits per heavy atom. The molecule has 0 aliphatic heterocycles. The van der Waals surface area contributed by atoms with Crippen molar-refractivity contribution in [2.45, 2.75) is 46.6 Å². The molecule has 0 radical (unpaired) electrons. The van der Waals surface area contributed by atoms with Gasteiger partial charge in [-0.3, -0.25) is 4.79 Å². The Hall–Kier alpha value is -0.900. The van der Waals surface area contributed by atoms with Crippen LogP contribution < -0.4 is 5.32 Å². The van der Waals surface area contributed by atoms with E-state index in [0.717, 1.165) is 24.3 Å². The molecule has 1 amide bonds. The van der Waals surface area contributed by atoms with Crippen LogP contribution in [0.2, 0.25) is 0 Å². The Morgan fingerprint density at radius 2 is 2.31 bits per heavy atom. The molecule has 0 saturated carbocycles. The molecule has 1 aromatic heterocycles. The molecular weight excluding hydrogens is 220 g/mol. The summed E-state index contributed by atoms with van der Waals surface area (Å²) >= 11 is 1.57. The first-order valence-electron chi connectivity index (χ1n) is 5.79. The van der Waals surface area contributed by atoms with Crippen molar-refractivity contribution in [2.75, 3.05) is 0 Å². The minimum absolute atomic E-state index is 0.145. The zero-order valence-corrected chi connectivity index (χ0v) is 11.1. The molecule has 1 unspecified atom stereocenters. The lowest BCUT2D eigenvalue weighted by Crippen LogP contribution is -2.38. The van der Waals surface area contributed by atoms with E-state index in [4.69, 9.17) is 0 Å². The molecule has 0 saturated heterocycles. The molecule has 1 heterocycles. The van der Waals surface area contributed by atoms with Gasteiger partial charge in [0.25, 0.3) is 0 Å². The molecule has 1 rings (SSSR count). The molecule has 16 heavy (non-hydrogen) atoms. The molecule has 1 N–H and O–H groups in total. The predicted molar refractivity (Wildman–Crippen MR) is 67.3 cm³/mol. The molecule has 1 aromatic rings. The minimum atomic E-state index is -0.230. The van der Waals surface area contributed by atoms with Gasteiger partial charge in [0.1, 0.15) is 5.01 Å². The Bertz CT molecular complexity index is 324. The van der Waals surface area contributed by atoms with Crippen LogP contribution in [0.25, 0.3) is 0 Å². The predicted octanol–water partition coefficient (Wildman–Crippen LogP) is 2.98. The van der Waals surface area contributed by atoms with Gasteiger partial charge in [-0.25, -0.2) is 4.98 Å². The number of amides is 1. The second-order valence-corrected chi connectivity index (χ2v) is 5.25. The molecule has 3 nitrogen and oxygen atoms in total. The van der Waals surface area contributed by atoms with Crippen molar-refractivity contribution in [1.29, 1.82) is 0 Å². The standard InChI is InChI=1S/C12H20N2OS/c1-4-6-12(3,5-2)11(15)14-9-10-13-7-8-16-10/h7-8H,4-6,9H2,1-3H3,(H,14,15). The lowest BCUT2D eigenvalue weighted by molar-refractivity contribution is -0.131. The van der Waals surface area contributed by atoms with Crippen molar-refractivity contribution in [3.8, 4) is 0 Å². The quantitative estimate of drug-likeness (QED) is 0.830. The van der Waals surface area contributed by atoms with Gasteiger partial charge in [0.05, 0.1) is 6.54 Å². The SMILES string of the molecule is CCCC(C)(CC)C(=O)NCc1nccs1. The van der Waals surface area contributed by atoms with E-state index in [9.17, 15) is 4.79 Å². The van der Waals surface area contributed by atoms with Crippen LogP contribution in [0.1, 0.15) is 45.0 Å². The maximum atomic E-state index is 12.0. The number of carbonyl (C=O) groups is 1. The number of thiazole rings is 1. The smallest absolute Gasteiger partial charge is 0.226 e. The van der Waals surface area contributed by atoms with Gasteiger partial charge in [-0.05, 0) is 12.8 Å². The zero-order valence-electron chi connectivity index (χ0n) is 10.2. The van der Waals surface area contributed by atoms with Crippen molar-refractivity contribution < 1.29 is 4.79 Å². The van der Waals surface area contributed by atoms with Gasteiger partial charge in [-0.2, -0.15) is 0 Å². The van der Waals surface area contributed by atoms with Crippen LogP contribution in [0.5, 0.6) is 0 Å². The topological polar surface area (TPSA) is 42.0 Å². The van der Waals surface area contributed by atoms with Gasteiger partial charge in [0.15, 0.2) is 0 Å². The maximum absolute atomic E-state index is 12.0. The minimum Gasteiger partial charge on any atom is -0.349 e. The fraction of sp³-hybridized carbons (Fsp3) is 0.667. The number of nitrogens with zero attached hydrogens (tertiary/aromatic N) is 1. The van der Waals surface area contributed by atoms with Gasteiger partial charge >= 0.3 is 0 Å². The van der Waals surface area contributed by atoms with Crippen LogP contribution in [0.4, 0.5) is 0 Å². The second kappa shape index (κ2) is 5.99. The van der Waals surface area contributed by atoms with Crippen LogP contribution in [0, 0.1) is 5.41 Å². The molecule has 90 valence electrons. The van der Waals surface area contributed by atoms with E-state index in [2.05, 4.69) is 24.1 Å². The van der Waals surface area contributed by atoms with Gasteiger partial charge in [-0.1, -0.05) is 27.2 Å². The van der Waals surface area contributed by atoms with E-state index in [-0.39, 0.29) is 11.3 Å². The van der Waals surface area contributed by atoms with Gasteiger partial charge < -0.3 is 5.32 Å². The van der Waals surface area contributed by atoms with E-state index < -0.39 is 0 Å². The highest BCUT2D eigenvalue weighted by molar-refractivity contribution is 7.09. The average Bonchev–Trinajstić information content (AvgIpc) is 2.78. The highest BCUT2D eigenvalue weighted by Gasteiger charge is 2.29. The van der Waals surface area contributed by atoms with Crippen molar-refractivity contribution in [2.24, 2.45) is 5.41 Å². The fourth-order valence-electron chi connectivity index (χ4n) is 1.71. The van der Waals surface area contributed by atoms with Crippen LogP contribution in [0.15, 0.2) is 11.6 Å². The molecule has 1 atom stereocenters. The van der Waals surface area contributed by atoms with Crippen molar-refractivity contribution in [3.63, 3.8) is 0 Å². The van der Waals surface area contributed by atoms with E-state index in [1.54, 1.807) is 17.5 Å². The van der Waals surface area contributed by atoms with E-state index in [1.807, 2.05) is 12.3 Å². The van der Waals surface area contributed by atoms with Gasteiger partial charge in [0.2, 0.25) is 5.91 Å². The fourth-order valence-corrected chi connectivity index (χ4v) is 2.27. The molecular formula is C12H20N2OS. The molecule has 0 spiro atoms. The summed E-state index contributed by atoms with van der Waals surface area (Å²) in [5.74, 6) is 0.145. The van der Waals surface area contributed by atoms with Gasteiger partial charge in [-0.15, -0.1) is 11.3 Å². The number of nitrogens with one attached hydrogen (secondary N) is 1. The highest BCUT2D eigenvalue weighted by atomic mass is 32.1. The summed E-state index contributed by atoms with van der Waals surface area (Å²) in [4.78, 5) is 16.2. The van der Waals surface area contributed by atoms with Crippen molar-refractivity contribution in [1.82, 2.24) is 10.3 Å². The largest absolute Gasteiger partial charge is 0.349 e. The summed E-state index contributed by atoms with van der Waals surface area (Å²) in [6, 6.07) is 0. The molecule has 0 aliphatic carbocycles. The number of aromatic nitrogens is 1. The normalized spacial score (nSPS) is 14.4. The lowest BCUT2D eigenvalue weighted by Gasteiger charge is -2.26. The first-order chi connectivity index (χ1) is 7.62. The zero-order chi connectivity index (χ0) is 12.0. The Labute approximate surface area is 101 Å². The van der Waals surface area contributed by atoms with E-state index in [1.165, 1.54) is 0 Å². The third-order valence-corrected chi connectivity index (χ3v) is 3.79. The Morgan fingerprint density at radius 3 is 2.81 bits per heavy atom. The summed E-state index contributed by atoms with van der Waals surface area (Å²) in [6.07, 6.45) is 4.62. The highest BCUT2D eigenvalue weighted by Crippen LogP contribution is 2.27. The summed E-state index contributed by atoms with van der Waals surface area (Å²) in [5, 5.41) is 5.85. The second-order valence-electron chi connectivity index (χ2n) is 4.27. The van der Waals surface area contributed by atoms with Crippen LogP contribution in [-0.2, 0) is 11.3 Å². The third kappa shape index (κ3) is 3.30. The first-order valence-corrected chi connectivity index (χ1v) is 6.67. The number of carbonyl (C=O) groups excluding carboxylic acids is 1. The summed E-state index contributed by atoms with van der Waals surface area (Å²) in [7, 11) is 0. The van der Waals surface area contributed by atoms with Crippen LogP contribution in [-0.4, -0.2) is 10.9 Å². The molecule has 0 fully saturated rings. The first kappa shape index (κ1) is 13.2. The van der Waals surface area contributed by atoms with E-state index >= 15 is 0 Å². The average molecular weight is 240 g/mol. The molecule has 0 aromatic carbocycles. The maximum Gasteiger partial charge on any atom is 0.226 e. The molecule has 0 aliphatic rings. The number of hydrogen-bond donors (Lipinski definition) is 1. The third-order valence-electron chi connectivity index (χ3n) is 3.01. The number of rotatable bonds is 6. The van der Waals surface area contributed by atoms with Crippen molar-refractivity contribution in [3.05, 3.63) is 16.6 Å².